The minimum atomic E-state index is -0.495. The summed E-state index contributed by atoms with van der Waals surface area (Å²) in [5.74, 6) is 0.969. The van der Waals surface area contributed by atoms with Crippen molar-refractivity contribution in [3.63, 3.8) is 0 Å². The van der Waals surface area contributed by atoms with Crippen molar-refractivity contribution in [1.82, 2.24) is 0 Å². The van der Waals surface area contributed by atoms with E-state index < -0.39 is 16.2 Å². The fraction of sp³-hybridized carbons (Fsp3) is 0.544. The first-order valence-corrected chi connectivity index (χ1v) is 33.1. The van der Waals surface area contributed by atoms with E-state index in [-0.39, 0.29) is 21.7 Å². The Hall–Kier alpha value is -4.68. The first-order valence-electron chi connectivity index (χ1n) is 33.1. The molecule has 9 rings (SSSR count). The van der Waals surface area contributed by atoms with E-state index in [0.717, 1.165) is 12.8 Å². The molecule has 3 saturated carbocycles. The molecule has 0 heteroatoms. The summed E-state index contributed by atoms with van der Waals surface area (Å²) in [6, 6.07) is 75.8. The summed E-state index contributed by atoms with van der Waals surface area (Å²) in [6.07, 6.45) is 35.6. The van der Waals surface area contributed by atoms with Crippen molar-refractivity contribution >= 4 is 0 Å². The molecule has 5 atom stereocenters. The number of benzene rings is 6. The molecule has 0 heterocycles. The molecule has 3 aliphatic rings. The fourth-order valence-corrected chi connectivity index (χ4v) is 20.2. The molecule has 0 bridgehead atoms. The SMILES string of the molecule is CCCCCCCCCC1(Cc2ccccc2)C(C)(c2ccccc2)C(C)(C)C(c2ccccc2)(C(CCCCCCC)(c2ccccc2)C2CCCCC2)C(CCCC)(C2CCCCC2)C1(c1ccccc1)c1ccccc1. The highest BCUT2D eigenvalue weighted by molar-refractivity contribution is 5.62. The van der Waals surface area contributed by atoms with Crippen molar-refractivity contribution in [3.8, 4) is 0 Å². The minimum Gasteiger partial charge on any atom is -0.0654 e. The molecule has 0 radical (unpaired) electrons. The maximum absolute atomic E-state index is 2.97. The molecule has 5 unspecified atom stereocenters. The summed E-state index contributed by atoms with van der Waals surface area (Å²) in [4.78, 5) is 0. The Kier molecular flexibility index (Phi) is 20.1. The van der Waals surface area contributed by atoms with Crippen LogP contribution in [0.1, 0.15) is 248 Å². The zero-order valence-electron chi connectivity index (χ0n) is 50.8. The molecule has 422 valence electrons. The van der Waals surface area contributed by atoms with Gasteiger partial charge in [-0.1, -0.05) is 352 Å². The van der Waals surface area contributed by atoms with Crippen LogP contribution in [-0.2, 0) is 28.1 Å². The lowest BCUT2D eigenvalue weighted by atomic mass is 9.15. The molecule has 79 heavy (non-hydrogen) atoms. The Morgan fingerprint density at radius 3 is 1.32 bits per heavy atom. The average molecular weight is 1060 g/mol. The maximum Gasteiger partial charge on any atom is 0.0338 e. The molecule has 3 fully saturated rings. The lowest BCUT2D eigenvalue weighted by molar-refractivity contribution is -0.284. The Labute approximate surface area is 483 Å². The van der Waals surface area contributed by atoms with Crippen molar-refractivity contribution < 1.29 is 0 Å². The third-order valence-electron chi connectivity index (χ3n) is 22.9. The number of rotatable bonds is 27. The molecule has 3 aliphatic carbocycles. The van der Waals surface area contributed by atoms with Crippen LogP contribution in [0, 0.1) is 28.1 Å². The molecular weight excluding hydrogens is 949 g/mol. The van der Waals surface area contributed by atoms with Gasteiger partial charge in [0, 0.05) is 21.7 Å². The Morgan fingerprint density at radius 1 is 0.392 bits per heavy atom. The van der Waals surface area contributed by atoms with Crippen LogP contribution in [-0.4, -0.2) is 0 Å². The number of hydrogen-bond donors (Lipinski definition) is 0. The molecule has 0 aromatic heterocycles. The molecule has 0 aliphatic heterocycles. The van der Waals surface area contributed by atoms with E-state index in [1.165, 1.54) is 178 Å². The maximum atomic E-state index is 2.97. The van der Waals surface area contributed by atoms with Crippen LogP contribution in [0.4, 0.5) is 0 Å². The molecule has 0 spiro atoms. The van der Waals surface area contributed by atoms with Crippen LogP contribution in [0.15, 0.2) is 182 Å². The first kappa shape index (κ1) is 59.0. The number of unbranched alkanes of at least 4 members (excludes halogenated alkanes) is 11. The van der Waals surface area contributed by atoms with E-state index >= 15 is 0 Å². The predicted octanol–water partition coefficient (Wildman–Crippen LogP) is 22.9. The van der Waals surface area contributed by atoms with Gasteiger partial charge in [0.25, 0.3) is 0 Å². The van der Waals surface area contributed by atoms with Crippen LogP contribution in [0.25, 0.3) is 0 Å². The Morgan fingerprint density at radius 2 is 0.810 bits per heavy atom. The van der Waals surface area contributed by atoms with Crippen molar-refractivity contribution in [2.24, 2.45) is 28.1 Å². The average Bonchev–Trinajstić information content (AvgIpc) is 1.08. The third-order valence-corrected chi connectivity index (χ3v) is 22.9. The molecule has 0 amide bonds. The van der Waals surface area contributed by atoms with Gasteiger partial charge in [0.05, 0.1) is 0 Å². The van der Waals surface area contributed by atoms with Crippen LogP contribution in [0.3, 0.4) is 0 Å². The van der Waals surface area contributed by atoms with E-state index in [0.29, 0.717) is 11.8 Å². The van der Waals surface area contributed by atoms with Crippen molar-refractivity contribution in [3.05, 3.63) is 215 Å². The van der Waals surface area contributed by atoms with E-state index in [9.17, 15) is 0 Å². The predicted molar refractivity (Wildman–Crippen MR) is 341 cm³/mol. The zero-order chi connectivity index (χ0) is 55.1. The quantitative estimate of drug-likeness (QED) is 0.0451. The summed E-state index contributed by atoms with van der Waals surface area (Å²) in [5.41, 5.74) is 6.90. The highest BCUT2D eigenvalue weighted by Crippen LogP contribution is 2.89. The summed E-state index contributed by atoms with van der Waals surface area (Å²) < 4.78 is 0. The first-order chi connectivity index (χ1) is 38.7. The molecule has 6 aromatic rings. The number of hydrogen-bond acceptors (Lipinski definition) is 0. The summed E-state index contributed by atoms with van der Waals surface area (Å²) in [7, 11) is 0. The van der Waals surface area contributed by atoms with Crippen molar-refractivity contribution in [2.45, 2.75) is 243 Å². The minimum absolute atomic E-state index is 0.236. The van der Waals surface area contributed by atoms with E-state index in [1.54, 1.807) is 22.3 Å². The Balaban J connectivity index is 1.63. The largest absolute Gasteiger partial charge is 0.0654 e. The summed E-state index contributed by atoms with van der Waals surface area (Å²) in [6.45, 7) is 16.2. The van der Waals surface area contributed by atoms with Gasteiger partial charge in [-0.3, -0.25) is 0 Å². The van der Waals surface area contributed by atoms with Crippen LogP contribution in [0.2, 0.25) is 0 Å². The highest BCUT2D eigenvalue weighted by Gasteiger charge is 2.88. The molecule has 6 aromatic carbocycles. The van der Waals surface area contributed by atoms with Crippen molar-refractivity contribution in [2.75, 3.05) is 0 Å². The van der Waals surface area contributed by atoms with Crippen LogP contribution >= 0.6 is 0 Å². The van der Waals surface area contributed by atoms with Crippen LogP contribution < -0.4 is 0 Å². The monoisotopic (exact) mass is 1050 g/mol. The van der Waals surface area contributed by atoms with Gasteiger partial charge >= 0.3 is 0 Å². The smallest absolute Gasteiger partial charge is 0.0338 e. The second-order valence-electron chi connectivity index (χ2n) is 26.6. The molecular formula is C79H106. The van der Waals surface area contributed by atoms with Gasteiger partial charge < -0.3 is 0 Å². The molecule has 0 saturated heterocycles. The van der Waals surface area contributed by atoms with E-state index in [4.69, 9.17) is 0 Å². The van der Waals surface area contributed by atoms with Gasteiger partial charge in [-0.05, 0) is 113 Å². The van der Waals surface area contributed by atoms with E-state index in [1.807, 2.05) is 0 Å². The third kappa shape index (κ3) is 10.1. The standard InChI is InChI=1S/C79H106/c1-7-10-13-15-16-18-43-61-75(64-65-45-27-19-28-46-65)74(6,66-47-29-20-30-48-66)73(4,5)79(72-59-41-26-42-60-72,76(62-44-17-14-11-8-2,67-49-31-21-32-50-67)68-51-33-22-34-52-68)77(63-12-9-3,69-53-35-23-36-54-69)78(75,70-55-37-24-38-56-70)71-57-39-25-40-58-71/h19-21,24-32,37-42,45-50,55-60,68-69H,7-18,22-23,33-36,43-44,51-54,61-64H2,1-6H3. The molecule has 0 N–H and O–H groups in total. The summed E-state index contributed by atoms with van der Waals surface area (Å²) >= 11 is 0. The zero-order valence-corrected chi connectivity index (χ0v) is 50.8. The highest BCUT2D eigenvalue weighted by atomic mass is 14.9. The van der Waals surface area contributed by atoms with Gasteiger partial charge in [0.1, 0.15) is 0 Å². The van der Waals surface area contributed by atoms with Crippen LogP contribution in [0.5, 0.6) is 0 Å². The fourth-order valence-electron chi connectivity index (χ4n) is 20.2. The van der Waals surface area contributed by atoms with E-state index in [2.05, 4.69) is 224 Å². The second-order valence-corrected chi connectivity index (χ2v) is 26.6. The normalized spacial score (nSPS) is 25.1. The summed E-state index contributed by atoms with van der Waals surface area (Å²) in [5, 5.41) is 0. The van der Waals surface area contributed by atoms with Gasteiger partial charge in [-0.15, -0.1) is 0 Å². The topological polar surface area (TPSA) is 0 Å². The van der Waals surface area contributed by atoms with Gasteiger partial charge in [-0.2, -0.15) is 0 Å². The lowest BCUT2D eigenvalue weighted by Crippen LogP contribution is -2.87. The van der Waals surface area contributed by atoms with Crippen molar-refractivity contribution in [1.29, 1.82) is 0 Å². The van der Waals surface area contributed by atoms with Gasteiger partial charge in [0.15, 0.2) is 0 Å². The molecule has 0 nitrogen and oxygen atoms in total. The van der Waals surface area contributed by atoms with Gasteiger partial charge in [0.2, 0.25) is 0 Å². The van der Waals surface area contributed by atoms with Gasteiger partial charge in [-0.25, -0.2) is 0 Å². The Bertz CT molecular complexity index is 2620. The lowest BCUT2D eigenvalue weighted by Gasteiger charge is -2.87. The second kappa shape index (κ2) is 26.9.